The Balaban J connectivity index is 0.000000291. The van der Waals surface area contributed by atoms with E-state index >= 15 is 0 Å². The second kappa shape index (κ2) is 10.9. The zero-order valence-electron chi connectivity index (χ0n) is 19.3. The molecule has 5 rings (SSSR count). The number of hydrogen-bond acceptors (Lipinski definition) is 7. The van der Waals surface area contributed by atoms with Crippen molar-refractivity contribution in [2.45, 2.75) is 39.3 Å². The molecular formula is C24H26ClFN6O2. The van der Waals surface area contributed by atoms with E-state index in [-0.39, 0.29) is 5.92 Å². The van der Waals surface area contributed by atoms with Crippen molar-refractivity contribution in [1.82, 2.24) is 29.7 Å². The van der Waals surface area contributed by atoms with Gasteiger partial charge in [-0.05, 0) is 51.0 Å². The Bertz CT molecular complexity index is 1260. The van der Waals surface area contributed by atoms with Gasteiger partial charge in [-0.15, -0.1) is 0 Å². The molecule has 10 heteroatoms. The van der Waals surface area contributed by atoms with Crippen molar-refractivity contribution >= 4 is 22.8 Å². The molecule has 8 nitrogen and oxygen atoms in total. The topological polar surface area (TPSA) is 87.8 Å². The van der Waals surface area contributed by atoms with Gasteiger partial charge in [0.1, 0.15) is 29.6 Å². The van der Waals surface area contributed by atoms with E-state index in [1.54, 1.807) is 30.1 Å². The van der Waals surface area contributed by atoms with Crippen LogP contribution < -0.4 is 0 Å². The Hall–Kier alpha value is -3.01. The average molecular weight is 485 g/mol. The molecule has 178 valence electrons. The Morgan fingerprint density at radius 1 is 1.12 bits per heavy atom. The number of methoxy groups -OCH3 is 1. The second-order valence-electron chi connectivity index (χ2n) is 7.97. The molecule has 0 atom stereocenters. The third kappa shape index (κ3) is 5.55. The fraction of sp³-hybridized carbons (Fsp3) is 0.375. The van der Waals surface area contributed by atoms with Crippen LogP contribution in [0.2, 0.25) is 5.02 Å². The molecular weight excluding hydrogens is 459 g/mol. The molecule has 0 bridgehead atoms. The molecule has 0 N–H and O–H groups in total. The zero-order valence-corrected chi connectivity index (χ0v) is 20.1. The van der Waals surface area contributed by atoms with Crippen molar-refractivity contribution in [3.63, 3.8) is 0 Å². The fourth-order valence-corrected chi connectivity index (χ4v) is 3.80. The lowest BCUT2D eigenvalue weighted by Crippen LogP contribution is -2.17. The first-order valence-corrected chi connectivity index (χ1v) is 11.4. The Labute approximate surface area is 202 Å². The molecule has 34 heavy (non-hydrogen) atoms. The maximum Gasteiger partial charge on any atom is 0.182 e. The Morgan fingerprint density at radius 2 is 1.88 bits per heavy atom. The molecule has 0 radical (unpaired) electrons. The van der Waals surface area contributed by atoms with E-state index < -0.39 is 5.82 Å². The number of hydrogen-bond donors (Lipinski definition) is 0. The number of ether oxygens (including phenoxy) is 2. The molecule has 1 aliphatic heterocycles. The fourth-order valence-electron chi connectivity index (χ4n) is 3.65. The molecule has 1 aliphatic rings. The average Bonchev–Trinajstić information content (AvgIpc) is 3.34. The summed E-state index contributed by atoms with van der Waals surface area (Å²) in [5.41, 5.74) is 3.39. The lowest BCUT2D eigenvalue weighted by Gasteiger charge is -2.21. The predicted molar refractivity (Wildman–Crippen MR) is 127 cm³/mol. The third-order valence-corrected chi connectivity index (χ3v) is 5.79. The van der Waals surface area contributed by atoms with Crippen LogP contribution >= 0.6 is 11.6 Å². The summed E-state index contributed by atoms with van der Waals surface area (Å²) in [5, 5.41) is 4.24. The zero-order chi connectivity index (χ0) is 24.1. The molecule has 0 saturated carbocycles. The minimum Gasteiger partial charge on any atom is -0.381 e. The number of aromatic nitrogens is 6. The second-order valence-corrected chi connectivity index (χ2v) is 8.41. The summed E-state index contributed by atoms with van der Waals surface area (Å²) in [5.74, 6) is 0.406. The van der Waals surface area contributed by atoms with Crippen molar-refractivity contribution in [2.75, 3.05) is 20.3 Å². The molecule has 0 aliphatic carbocycles. The summed E-state index contributed by atoms with van der Waals surface area (Å²) in [6.45, 7) is 5.65. The number of aryl methyl sites for hydroxylation is 2. The van der Waals surface area contributed by atoms with Gasteiger partial charge in [-0.3, -0.25) is 0 Å². The third-order valence-electron chi connectivity index (χ3n) is 5.55. The lowest BCUT2D eigenvalue weighted by atomic mass is 9.99. The SMILES string of the molecule is COCn1cccn1.Cc1nc2nc(C3CCOCC3)nc(-c3ccc(Cl)cc3F)c2nc1C. The number of nitrogens with zero attached hydrogens (tertiary/aromatic N) is 6. The Morgan fingerprint density at radius 3 is 2.56 bits per heavy atom. The van der Waals surface area contributed by atoms with Gasteiger partial charge in [0.05, 0.1) is 11.4 Å². The van der Waals surface area contributed by atoms with Crippen LogP contribution in [0.1, 0.15) is 36.0 Å². The van der Waals surface area contributed by atoms with Gasteiger partial charge >= 0.3 is 0 Å². The van der Waals surface area contributed by atoms with E-state index in [0.717, 1.165) is 24.2 Å². The number of fused-ring (bicyclic) bond motifs is 1. The molecule has 1 saturated heterocycles. The van der Waals surface area contributed by atoms with Crippen molar-refractivity contribution < 1.29 is 13.9 Å². The monoisotopic (exact) mass is 484 g/mol. The van der Waals surface area contributed by atoms with E-state index in [9.17, 15) is 4.39 Å². The van der Waals surface area contributed by atoms with Gasteiger partial charge in [0.25, 0.3) is 0 Å². The smallest absolute Gasteiger partial charge is 0.182 e. The van der Waals surface area contributed by atoms with Gasteiger partial charge in [-0.2, -0.15) is 5.10 Å². The summed E-state index contributed by atoms with van der Waals surface area (Å²) in [6, 6.07) is 6.42. The first kappa shape index (κ1) is 24.1. The van der Waals surface area contributed by atoms with Crippen LogP contribution in [-0.2, 0) is 16.2 Å². The Kier molecular flexibility index (Phi) is 7.77. The van der Waals surface area contributed by atoms with E-state index in [1.807, 2.05) is 26.1 Å². The van der Waals surface area contributed by atoms with Gasteiger partial charge in [-0.1, -0.05) is 11.6 Å². The summed E-state index contributed by atoms with van der Waals surface area (Å²) >= 11 is 5.91. The first-order chi connectivity index (χ1) is 16.5. The largest absolute Gasteiger partial charge is 0.381 e. The minimum atomic E-state index is -0.435. The predicted octanol–water partition coefficient (Wildman–Crippen LogP) is 4.88. The van der Waals surface area contributed by atoms with Crippen LogP contribution in [0.25, 0.3) is 22.4 Å². The summed E-state index contributed by atoms with van der Waals surface area (Å²) in [6.07, 6.45) is 5.25. The molecule has 0 amide bonds. The van der Waals surface area contributed by atoms with Crippen LogP contribution in [0.15, 0.2) is 36.7 Å². The van der Waals surface area contributed by atoms with E-state index in [1.165, 1.54) is 6.07 Å². The van der Waals surface area contributed by atoms with Gasteiger partial charge < -0.3 is 9.47 Å². The van der Waals surface area contributed by atoms with Crippen LogP contribution in [0.5, 0.6) is 0 Å². The molecule has 3 aromatic heterocycles. The van der Waals surface area contributed by atoms with E-state index in [2.05, 4.69) is 20.1 Å². The van der Waals surface area contributed by atoms with Crippen LogP contribution in [0.3, 0.4) is 0 Å². The number of rotatable bonds is 4. The molecule has 1 fully saturated rings. The normalized spacial score (nSPS) is 14.1. The van der Waals surface area contributed by atoms with Crippen LogP contribution in [0.4, 0.5) is 4.39 Å². The highest BCUT2D eigenvalue weighted by molar-refractivity contribution is 6.30. The number of halogens is 2. The highest BCUT2D eigenvalue weighted by atomic mass is 35.5. The van der Waals surface area contributed by atoms with Gasteiger partial charge in [0, 0.05) is 49.2 Å². The van der Waals surface area contributed by atoms with Crippen LogP contribution in [-0.4, -0.2) is 50.0 Å². The van der Waals surface area contributed by atoms with E-state index in [4.69, 9.17) is 26.1 Å². The van der Waals surface area contributed by atoms with Crippen molar-refractivity contribution in [2.24, 2.45) is 0 Å². The molecule has 0 unspecified atom stereocenters. The maximum absolute atomic E-state index is 14.6. The van der Waals surface area contributed by atoms with Gasteiger partial charge in [0.2, 0.25) is 0 Å². The van der Waals surface area contributed by atoms with E-state index in [0.29, 0.717) is 53.2 Å². The maximum atomic E-state index is 14.6. The first-order valence-electron chi connectivity index (χ1n) is 11.0. The number of benzene rings is 1. The minimum absolute atomic E-state index is 0.172. The highest BCUT2D eigenvalue weighted by Crippen LogP contribution is 2.32. The standard InChI is InChI=1S/C19H18ClFN4O.C5H8N2O/c1-10-11(2)23-19-17(22-10)16(14-4-3-13(20)9-15(14)21)24-18(25-19)12-5-7-26-8-6-12;1-8-5-7-4-2-3-6-7/h3-4,9,12H,5-8H2,1-2H3;2-4H,5H2,1H3. The quantitative estimate of drug-likeness (QED) is 0.408. The van der Waals surface area contributed by atoms with Crippen LogP contribution in [0, 0.1) is 19.7 Å². The van der Waals surface area contributed by atoms with Gasteiger partial charge in [-0.25, -0.2) is 29.0 Å². The van der Waals surface area contributed by atoms with Crippen molar-refractivity contribution in [1.29, 1.82) is 0 Å². The molecule has 4 aromatic rings. The van der Waals surface area contributed by atoms with Crippen molar-refractivity contribution in [3.05, 3.63) is 64.7 Å². The molecule has 4 heterocycles. The summed E-state index contributed by atoms with van der Waals surface area (Å²) < 4.78 is 26.5. The molecule has 1 aromatic carbocycles. The summed E-state index contributed by atoms with van der Waals surface area (Å²) in [7, 11) is 1.64. The highest BCUT2D eigenvalue weighted by Gasteiger charge is 2.23. The summed E-state index contributed by atoms with van der Waals surface area (Å²) in [4.78, 5) is 18.5. The molecule has 0 spiro atoms. The lowest BCUT2D eigenvalue weighted by molar-refractivity contribution is 0.0836. The van der Waals surface area contributed by atoms with Gasteiger partial charge in [0.15, 0.2) is 5.65 Å². The van der Waals surface area contributed by atoms with Crippen molar-refractivity contribution in [3.8, 4) is 11.3 Å².